The van der Waals surface area contributed by atoms with Crippen molar-refractivity contribution >= 4 is 5.71 Å². The Kier molecular flexibility index (Phi) is 2.76. The number of hydrogen-bond acceptors (Lipinski definition) is 3. The summed E-state index contributed by atoms with van der Waals surface area (Å²) in [6.45, 7) is 5.51. The van der Waals surface area contributed by atoms with Crippen LogP contribution < -0.4 is 0 Å². The smallest absolute Gasteiger partial charge is 0.0825 e. The molecule has 74 valence electrons. The Balaban J connectivity index is 2.80. The van der Waals surface area contributed by atoms with E-state index in [1.54, 1.807) is 13.8 Å². The molecule has 0 saturated heterocycles. The molecule has 13 heavy (non-hydrogen) atoms. The van der Waals surface area contributed by atoms with Crippen LogP contribution in [0.5, 0.6) is 0 Å². The molecule has 0 bridgehead atoms. The van der Waals surface area contributed by atoms with Gasteiger partial charge >= 0.3 is 0 Å². The van der Waals surface area contributed by atoms with E-state index in [0.717, 1.165) is 12.0 Å². The molecule has 0 aromatic rings. The van der Waals surface area contributed by atoms with E-state index in [1.807, 2.05) is 13.0 Å². The summed E-state index contributed by atoms with van der Waals surface area (Å²) in [6.07, 6.45) is 3.53. The van der Waals surface area contributed by atoms with Crippen LogP contribution in [0.4, 0.5) is 0 Å². The first-order valence-electron chi connectivity index (χ1n) is 4.55. The fourth-order valence-corrected chi connectivity index (χ4v) is 1.57. The second-order valence-electron chi connectivity index (χ2n) is 4.22. The fraction of sp³-hybridized carbons (Fsp3) is 0.700. The first kappa shape index (κ1) is 10.3. The van der Waals surface area contributed by atoms with Crippen LogP contribution in [0.25, 0.3) is 0 Å². The Hall–Kier alpha value is -0.830. The number of oxime groups is 1. The molecule has 1 aliphatic rings. The van der Waals surface area contributed by atoms with Gasteiger partial charge in [-0.15, -0.1) is 0 Å². The number of hydrogen-bond donors (Lipinski definition) is 2. The lowest BCUT2D eigenvalue weighted by atomic mass is 9.79. The monoisotopic (exact) mass is 183 g/mol. The number of aliphatic hydroxyl groups is 1. The molecule has 0 saturated carbocycles. The molecule has 1 aliphatic carbocycles. The van der Waals surface area contributed by atoms with E-state index in [2.05, 4.69) is 5.16 Å². The van der Waals surface area contributed by atoms with Gasteiger partial charge in [-0.05, 0) is 45.1 Å². The molecule has 1 unspecified atom stereocenters. The molecule has 2 N–H and O–H groups in total. The molecule has 0 aromatic carbocycles. The maximum absolute atomic E-state index is 9.78. The van der Waals surface area contributed by atoms with Crippen molar-refractivity contribution in [3.8, 4) is 0 Å². The number of nitrogens with zero attached hydrogens (tertiary/aromatic N) is 1. The van der Waals surface area contributed by atoms with Crippen LogP contribution in [-0.4, -0.2) is 21.6 Å². The third kappa shape index (κ3) is 2.31. The summed E-state index contributed by atoms with van der Waals surface area (Å²) in [5, 5.41) is 21.7. The number of rotatable bonds is 1. The van der Waals surface area contributed by atoms with Gasteiger partial charge in [0.15, 0.2) is 0 Å². The van der Waals surface area contributed by atoms with Gasteiger partial charge in [0.1, 0.15) is 0 Å². The average Bonchev–Trinajstić information content (AvgIpc) is 2.03. The van der Waals surface area contributed by atoms with Crippen molar-refractivity contribution in [3.63, 3.8) is 0 Å². The average molecular weight is 183 g/mol. The minimum atomic E-state index is -0.701. The lowest BCUT2D eigenvalue weighted by molar-refractivity contribution is 0.0201. The van der Waals surface area contributed by atoms with Gasteiger partial charge in [-0.3, -0.25) is 0 Å². The van der Waals surface area contributed by atoms with Crippen molar-refractivity contribution < 1.29 is 10.3 Å². The second-order valence-corrected chi connectivity index (χ2v) is 4.22. The lowest BCUT2D eigenvalue weighted by Crippen LogP contribution is -2.34. The molecule has 0 radical (unpaired) electrons. The molecule has 1 atom stereocenters. The van der Waals surface area contributed by atoms with Crippen molar-refractivity contribution in [1.29, 1.82) is 0 Å². The fourth-order valence-electron chi connectivity index (χ4n) is 1.57. The first-order valence-corrected chi connectivity index (χ1v) is 4.55. The van der Waals surface area contributed by atoms with Gasteiger partial charge in [0.05, 0.1) is 11.3 Å². The van der Waals surface area contributed by atoms with Crippen molar-refractivity contribution in [1.82, 2.24) is 0 Å². The summed E-state index contributed by atoms with van der Waals surface area (Å²) in [4.78, 5) is 0. The van der Waals surface area contributed by atoms with Gasteiger partial charge in [0.2, 0.25) is 0 Å². The molecule has 0 fully saturated rings. The SMILES string of the molecule is CC1=CCC(C(C)(C)O)CC1=NO. The third-order valence-corrected chi connectivity index (χ3v) is 2.72. The maximum Gasteiger partial charge on any atom is 0.0825 e. The van der Waals surface area contributed by atoms with Crippen LogP contribution in [0.1, 0.15) is 33.6 Å². The quantitative estimate of drug-likeness (QED) is 0.482. The predicted molar refractivity (Wildman–Crippen MR) is 52.0 cm³/mol. The first-order chi connectivity index (χ1) is 5.95. The van der Waals surface area contributed by atoms with Gasteiger partial charge in [0.25, 0.3) is 0 Å². The Morgan fingerprint density at radius 2 is 2.15 bits per heavy atom. The molecule has 0 aromatic heterocycles. The summed E-state index contributed by atoms with van der Waals surface area (Å²) in [7, 11) is 0. The minimum Gasteiger partial charge on any atom is -0.411 e. The summed E-state index contributed by atoms with van der Waals surface area (Å²) in [6, 6.07) is 0. The summed E-state index contributed by atoms with van der Waals surface area (Å²) in [5.41, 5.74) is 1.01. The standard InChI is InChI=1S/C10H17NO2/c1-7-4-5-8(10(2,3)12)6-9(7)11-13/h4,8,12-13H,5-6H2,1-3H3. The third-order valence-electron chi connectivity index (χ3n) is 2.72. The van der Waals surface area contributed by atoms with Crippen LogP contribution >= 0.6 is 0 Å². The highest BCUT2D eigenvalue weighted by molar-refractivity contribution is 6.00. The van der Waals surface area contributed by atoms with E-state index in [9.17, 15) is 5.11 Å². The highest BCUT2D eigenvalue weighted by Crippen LogP contribution is 2.30. The minimum absolute atomic E-state index is 0.155. The van der Waals surface area contributed by atoms with Gasteiger partial charge in [-0.2, -0.15) is 0 Å². The van der Waals surface area contributed by atoms with Crippen LogP contribution in [0.15, 0.2) is 16.8 Å². The molecule has 3 heteroatoms. The van der Waals surface area contributed by atoms with E-state index in [-0.39, 0.29) is 5.92 Å². The molecular formula is C10H17NO2. The highest BCUT2D eigenvalue weighted by Gasteiger charge is 2.30. The predicted octanol–water partition coefficient (Wildman–Crippen LogP) is 1.94. The second kappa shape index (κ2) is 3.50. The van der Waals surface area contributed by atoms with Crippen molar-refractivity contribution in [2.45, 2.75) is 39.2 Å². The topological polar surface area (TPSA) is 52.8 Å². The van der Waals surface area contributed by atoms with Gasteiger partial charge < -0.3 is 10.3 Å². The zero-order valence-corrected chi connectivity index (χ0v) is 8.41. The van der Waals surface area contributed by atoms with E-state index in [4.69, 9.17) is 5.21 Å². The summed E-state index contributed by atoms with van der Waals surface area (Å²) in [5.74, 6) is 0.155. The van der Waals surface area contributed by atoms with E-state index in [0.29, 0.717) is 12.1 Å². The highest BCUT2D eigenvalue weighted by atomic mass is 16.4. The van der Waals surface area contributed by atoms with E-state index in [1.165, 1.54) is 0 Å². The normalized spacial score (nSPS) is 27.5. The Morgan fingerprint density at radius 3 is 2.62 bits per heavy atom. The summed E-state index contributed by atoms with van der Waals surface area (Å²) < 4.78 is 0. The van der Waals surface area contributed by atoms with Crippen LogP contribution in [0, 0.1) is 5.92 Å². The molecule has 1 rings (SSSR count). The van der Waals surface area contributed by atoms with Gasteiger partial charge in [-0.1, -0.05) is 11.2 Å². The molecule has 0 heterocycles. The molecular weight excluding hydrogens is 166 g/mol. The number of allylic oxidation sites excluding steroid dienone is 2. The largest absolute Gasteiger partial charge is 0.411 e. The van der Waals surface area contributed by atoms with Crippen LogP contribution in [0.3, 0.4) is 0 Å². The zero-order valence-electron chi connectivity index (χ0n) is 8.41. The van der Waals surface area contributed by atoms with Crippen LogP contribution in [-0.2, 0) is 0 Å². The molecule has 0 amide bonds. The Labute approximate surface area is 78.8 Å². The zero-order chi connectivity index (χ0) is 10.1. The van der Waals surface area contributed by atoms with E-state index < -0.39 is 5.60 Å². The van der Waals surface area contributed by atoms with E-state index >= 15 is 0 Å². The summed E-state index contributed by atoms with van der Waals surface area (Å²) >= 11 is 0. The van der Waals surface area contributed by atoms with Gasteiger partial charge in [-0.25, -0.2) is 0 Å². The maximum atomic E-state index is 9.78. The van der Waals surface area contributed by atoms with Gasteiger partial charge in [0, 0.05) is 0 Å². The van der Waals surface area contributed by atoms with Crippen molar-refractivity contribution in [2.24, 2.45) is 11.1 Å². The Bertz CT molecular complexity index is 248. The molecule has 0 spiro atoms. The lowest BCUT2D eigenvalue weighted by Gasteiger charge is -2.31. The van der Waals surface area contributed by atoms with Crippen molar-refractivity contribution in [3.05, 3.63) is 11.6 Å². The van der Waals surface area contributed by atoms with Crippen molar-refractivity contribution in [2.75, 3.05) is 0 Å². The molecule has 3 nitrogen and oxygen atoms in total. The molecule has 0 aliphatic heterocycles. The van der Waals surface area contributed by atoms with Crippen LogP contribution in [0.2, 0.25) is 0 Å². The Morgan fingerprint density at radius 1 is 1.54 bits per heavy atom.